The highest BCUT2D eigenvalue weighted by Gasteiger charge is 2.60. The number of ketones is 1. The number of carbonyl (C=O) groups excluding carboxylic acids is 2. The summed E-state index contributed by atoms with van der Waals surface area (Å²) < 4.78 is 19.0. The molecule has 8 atom stereocenters. The van der Waals surface area contributed by atoms with Crippen LogP contribution in [0.2, 0.25) is 0 Å². The molecule has 2 N–H and O–H groups in total. The van der Waals surface area contributed by atoms with E-state index in [1.807, 2.05) is 24.3 Å². The van der Waals surface area contributed by atoms with E-state index in [-0.39, 0.29) is 36.2 Å². The summed E-state index contributed by atoms with van der Waals surface area (Å²) in [6.07, 6.45) is 3.82. The summed E-state index contributed by atoms with van der Waals surface area (Å²) in [6, 6.07) is 9.84. The van der Waals surface area contributed by atoms with Gasteiger partial charge < -0.3 is 24.0 Å². The molecule has 1 spiro atoms. The zero-order valence-corrected chi connectivity index (χ0v) is 25.2. The van der Waals surface area contributed by atoms with Crippen molar-refractivity contribution >= 4 is 11.7 Å². The predicted octanol–water partition coefficient (Wildman–Crippen LogP) is 1.52. The molecule has 5 aliphatic rings. The second-order valence-electron chi connectivity index (χ2n) is 12.6. The first-order chi connectivity index (χ1) is 20.9. The summed E-state index contributed by atoms with van der Waals surface area (Å²) in [6.45, 7) is 7.25. The lowest BCUT2D eigenvalue weighted by Gasteiger charge is -2.56. The molecule has 1 saturated carbocycles. The van der Waals surface area contributed by atoms with Gasteiger partial charge in [0.25, 0.3) is 0 Å². The number of carbonyl (C=O) groups is 2. The van der Waals surface area contributed by atoms with Crippen LogP contribution in [0.4, 0.5) is 0 Å². The topological polar surface area (TPSA) is 119 Å². The van der Waals surface area contributed by atoms with Crippen molar-refractivity contribution in [2.24, 2.45) is 5.92 Å². The third kappa shape index (κ3) is 5.55. The molecule has 1 aromatic rings. The molecule has 0 radical (unpaired) electrons. The molecule has 4 fully saturated rings. The molecule has 3 saturated heterocycles. The SMILES string of the molecule is C=CC(=O)N1CCN(C2NC(OCC3CCCN3C)NC3C(=O)[C@@]4(CCC32)OCc2ccccc2C4OC)CC1CC#N. The number of likely N-dealkylation sites (N-methyl/N-ethyl adjacent to an activating group) is 1. The molecule has 43 heavy (non-hydrogen) atoms. The second kappa shape index (κ2) is 12.7. The lowest BCUT2D eigenvalue weighted by molar-refractivity contribution is -0.200. The number of hydrogen-bond acceptors (Lipinski definition) is 10. The minimum Gasteiger partial charge on any atom is -0.373 e. The van der Waals surface area contributed by atoms with Crippen molar-refractivity contribution in [2.45, 2.75) is 81.1 Å². The van der Waals surface area contributed by atoms with Crippen molar-refractivity contribution in [3.05, 3.63) is 48.0 Å². The van der Waals surface area contributed by atoms with Crippen molar-refractivity contribution in [1.82, 2.24) is 25.3 Å². The summed E-state index contributed by atoms with van der Waals surface area (Å²) in [5, 5.41) is 16.8. The number of ether oxygens (including phenoxy) is 3. The summed E-state index contributed by atoms with van der Waals surface area (Å²) in [5.41, 5.74) is 0.963. The molecule has 4 heterocycles. The molecule has 11 nitrogen and oxygen atoms in total. The number of likely N-dealkylation sites (tertiary alicyclic amines) is 1. The van der Waals surface area contributed by atoms with Crippen LogP contribution in [0, 0.1) is 17.2 Å². The highest BCUT2D eigenvalue weighted by Crippen LogP contribution is 2.48. The monoisotopic (exact) mass is 592 g/mol. The Kier molecular flexibility index (Phi) is 8.99. The predicted molar refractivity (Wildman–Crippen MR) is 158 cm³/mol. The van der Waals surface area contributed by atoms with Gasteiger partial charge in [0.05, 0.1) is 44.0 Å². The molecule has 11 heteroatoms. The van der Waals surface area contributed by atoms with Crippen LogP contribution >= 0.6 is 0 Å². The minimum absolute atomic E-state index is 0.00256. The molecular weight excluding hydrogens is 548 g/mol. The van der Waals surface area contributed by atoms with E-state index in [2.05, 4.69) is 40.1 Å². The van der Waals surface area contributed by atoms with E-state index < -0.39 is 24.1 Å². The van der Waals surface area contributed by atoms with E-state index in [0.29, 0.717) is 45.3 Å². The van der Waals surface area contributed by atoms with Crippen molar-refractivity contribution in [3.8, 4) is 6.07 Å². The van der Waals surface area contributed by atoms with E-state index in [9.17, 15) is 14.9 Å². The van der Waals surface area contributed by atoms with Crippen molar-refractivity contribution in [1.29, 1.82) is 5.26 Å². The number of nitrogens with zero attached hydrogens (tertiary/aromatic N) is 4. The van der Waals surface area contributed by atoms with Crippen LogP contribution < -0.4 is 10.6 Å². The van der Waals surface area contributed by atoms with Crippen LogP contribution in [-0.2, 0) is 30.4 Å². The largest absolute Gasteiger partial charge is 0.373 e. The standard InChI is InChI=1S/C32H44N6O5/c1-4-26(39)38-17-16-37(18-22(38)12-14-33)30-25-11-13-32(29(41-3)24-10-6-5-8-21(24)19-43-32)28(40)27(25)34-31(35-30)42-20-23-9-7-15-36(23)2/h4-6,8,10,22-23,25,27,29-31,34-35H,1,7,9,11-13,15-20H2,2-3H3/t22?,23?,25?,27?,29?,30?,31?,32-/m1/s1. The van der Waals surface area contributed by atoms with Gasteiger partial charge in [0.1, 0.15) is 6.10 Å². The van der Waals surface area contributed by atoms with E-state index in [1.54, 1.807) is 12.0 Å². The van der Waals surface area contributed by atoms with E-state index in [4.69, 9.17) is 14.2 Å². The maximum atomic E-state index is 14.7. The van der Waals surface area contributed by atoms with Gasteiger partial charge in [-0.2, -0.15) is 5.26 Å². The fourth-order valence-corrected chi connectivity index (χ4v) is 8.02. The van der Waals surface area contributed by atoms with Gasteiger partial charge in [-0.25, -0.2) is 0 Å². The lowest BCUT2D eigenvalue weighted by atomic mass is 9.67. The zero-order chi connectivity index (χ0) is 30.1. The maximum absolute atomic E-state index is 14.7. The van der Waals surface area contributed by atoms with Crippen LogP contribution in [-0.4, -0.2) is 110 Å². The number of piperazine rings is 1. The smallest absolute Gasteiger partial charge is 0.246 e. The Labute approximate surface area is 254 Å². The van der Waals surface area contributed by atoms with E-state index in [0.717, 1.165) is 36.9 Å². The first-order valence-corrected chi connectivity index (χ1v) is 15.6. The summed E-state index contributed by atoms with van der Waals surface area (Å²) in [7, 11) is 3.78. The number of fused-ring (bicyclic) bond motifs is 2. The third-order valence-corrected chi connectivity index (χ3v) is 10.3. The molecular formula is C32H44N6O5. The minimum atomic E-state index is -1.09. The number of Topliss-reactive ketones (excluding diaryl/α,β-unsaturated/α-hetero) is 1. The number of hydrogen-bond donors (Lipinski definition) is 2. The molecule has 4 aliphatic heterocycles. The fourth-order valence-electron chi connectivity index (χ4n) is 8.02. The van der Waals surface area contributed by atoms with Crippen LogP contribution in [0.15, 0.2) is 36.9 Å². The summed E-state index contributed by atoms with van der Waals surface area (Å²) in [4.78, 5) is 33.6. The third-order valence-electron chi connectivity index (χ3n) is 10.3. The number of amides is 1. The molecule has 232 valence electrons. The van der Waals surface area contributed by atoms with Gasteiger partial charge in [0.2, 0.25) is 5.91 Å². The Morgan fingerprint density at radius 3 is 2.81 bits per heavy atom. The Morgan fingerprint density at radius 2 is 2.07 bits per heavy atom. The molecule has 6 rings (SSSR count). The first-order valence-electron chi connectivity index (χ1n) is 15.6. The Bertz CT molecular complexity index is 1250. The second-order valence-corrected chi connectivity index (χ2v) is 12.6. The molecule has 7 unspecified atom stereocenters. The first kappa shape index (κ1) is 30.3. The molecule has 0 bridgehead atoms. The Balaban J connectivity index is 1.27. The van der Waals surface area contributed by atoms with E-state index >= 15 is 0 Å². The van der Waals surface area contributed by atoms with Gasteiger partial charge in [0, 0.05) is 38.7 Å². The number of nitrogens with one attached hydrogen (secondary N) is 2. The number of methoxy groups -OCH3 is 1. The summed E-state index contributed by atoms with van der Waals surface area (Å²) >= 11 is 0. The van der Waals surface area contributed by atoms with Crippen molar-refractivity contribution in [2.75, 3.05) is 46.9 Å². The fraction of sp³-hybridized carbons (Fsp3) is 0.656. The van der Waals surface area contributed by atoms with E-state index in [1.165, 1.54) is 6.08 Å². The van der Waals surface area contributed by atoms with Gasteiger partial charge >= 0.3 is 0 Å². The molecule has 0 aromatic heterocycles. The molecule has 1 amide bonds. The zero-order valence-electron chi connectivity index (χ0n) is 25.2. The highest BCUT2D eigenvalue weighted by molar-refractivity contribution is 5.94. The average Bonchev–Trinajstić information content (AvgIpc) is 3.45. The normalized spacial score (nSPS) is 36.6. The van der Waals surface area contributed by atoms with Crippen molar-refractivity contribution < 1.29 is 23.8 Å². The lowest BCUT2D eigenvalue weighted by Crippen LogP contribution is -2.76. The van der Waals surface area contributed by atoms with Crippen molar-refractivity contribution in [3.63, 3.8) is 0 Å². The Hall–Kier alpha value is -2.69. The van der Waals surface area contributed by atoms with Gasteiger partial charge in [-0.1, -0.05) is 30.8 Å². The maximum Gasteiger partial charge on any atom is 0.246 e. The van der Waals surface area contributed by atoms with Crippen LogP contribution in [0.1, 0.15) is 49.3 Å². The van der Waals surface area contributed by atoms with Gasteiger partial charge in [-0.15, -0.1) is 0 Å². The van der Waals surface area contributed by atoms with Gasteiger partial charge in [-0.3, -0.25) is 25.1 Å². The highest BCUT2D eigenvalue weighted by atomic mass is 16.6. The quantitative estimate of drug-likeness (QED) is 0.451. The summed E-state index contributed by atoms with van der Waals surface area (Å²) in [5.74, 6) is -0.222. The van der Waals surface area contributed by atoms with Crippen LogP contribution in [0.3, 0.4) is 0 Å². The van der Waals surface area contributed by atoms with Gasteiger partial charge in [-0.05, 0) is 56.5 Å². The number of rotatable bonds is 7. The van der Waals surface area contributed by atoms with Gasteiger partial charge in [0.15, 0.2) is 17.7 Å². The Morgan fingerprint density at radius 1 is 1.23 bits per heavy atom. The number of nitriles is 1. The molecule has 1 aliphatic carbocycles. The van der Waals surface area contributed by atoms with Crippen LogP contribution in [0.25, 0.3) is 0 Å². The molecule has 1 aromatic carbocycles. The van der Waals surface area contributed by atoms with Crippen LogP contribution in [0.5, 0.6) is 0 Å². The average molecular weight is 593 g/mol. The number of benzene rings is 1.